The maximum absolute atomic E-state index is 14.1. The molecule has 0 radical (unpaired) electrons. The Hall–Kier alpha value is -3.39. The molecule has 0 unspecified atom stereocenters. The molecule has 4 bridgehead atoms. The number of hydrogen-bond acceptors (Lipinski definition) is 4. The predicted molar refractivity (Wildman–Crippen MR) is 169 cm³/mol. The van der Waals surface area contributed by atoms with E-state index in [2.05, 4.69) is 64.5 Å². The van der Waals surface area contributed by atoms with Gasteiger partial charge in [0.15, 0.2) is 5.96 Å². The molecule has 0 aromatic heterocycles. The third-order valence-corrected chi connectivity index (χ3v) is 10.6. The second kappa shape index (κ2) is 13.5. The van der Waals surface area contributed by atoms with Crippen LogP contribution in [-0.4, -0.2) is 60.9 Å². The van der Waals surface area contributed by atoms with E-state index in [1.165, 1.54) is 43.2 Å². The van der Waals surface area contributed by atoms with E-state index in [0.29, 0.717) is 50.9 Å². The molecule has 4 saturated carbocycles. The van der Waals surface area contributed by atoms with E-state index in [1.807, 2.05) is 17.0 Å². The number of carbonyl (C=O) groups excluding carboxylic acids is 2. The van der Waals surface area contributed by atoms with Crippen molar-refractivity contribution in [2.75, 3.05) is 26.2 Å². The summed E-state index contributed by atoms with van der Waals surface area (Å²) in [6.45, 7) is 2.34. The standard InChI is InChI=1S/C35H48N6O2/c36-35(37)38-14-7-12-31-34(43)41(22-30(25-8-3-1-4-9-25)26-10-5-2-6-11-26)15-13-29(40-31)21-39-33(42)32-27-17-23-16-24(19-27)20-28(32)18-23/h1-6,8-11,23-24,27-32,40H,7,12-22H2,(H,39,42)(H4,36,37,38)/t23?,24?,27?,28?,29-,31-,32?/m0/s1. The molecule has 2 atom stereocenters. The zero-order valence-electron chi connectivity index (χ0n) is 25.2. The number of nitrogens with two attached hydrogens (primary N) is 1. The Balaban J connectivity index is 1.14. The first kappa shape index (κ1) is 29.7. The third kappa shape index (κ3) is 7.06. The first-order chi connectivity index (χ1) is 20.9. The molecule has 5 aliphatic rings. The highest BCUT2D eigenvalue weighted by atomic mass is 16.2. The van der Waals surface area contributed by atoms with Gasteiger partial charge in [-0.3, -0.25) is 15.0 Å². The summed E-state index contributed by atoms with van der Waals surface area (Å²) in [5.74, 6) is 3.34. The molecule has 43 heavy (non-hydrogen) atoms. The second-order valence-corrected chi connectivity index (χ2v) is 13.5. The van der Waals surface area contributed by atoms with Crippen molar-refractivity contribution in [1.29, 1.82) is 5.41 Å². The molecule has 7 rings (SSSR count). The van der Waals surface area contributed by atoms with Gasteiger partial charge >= 0.3 is 0 Å². The lowest BCUT2D eigenvalue weighted by Crippen LogP contribution is -2.53. The highest BCUT2D eigenvalue weighted by Gasteiger charge is 2.50. The lowest BCUT2D eigenvalue weighted by Gasteiger charge is -2.53. The Morgan fingerprint density at radius 2 is 1.53 bits per heavy atom. The zero-order chi connectivity index (χ0) is 29.8. The van der Waals surface area contributed by atoms with Crippen LogP contribution in [0.3, 0.4) is 0 Å². The fourth-order valence-corrected chi connectivity index (χ4v) is 8.85. The topological polar surface area (TPSA) is 123 Å². The van der Waals surface area contributed by atoms with Crippen molar-refractivity contribution >= 4 is 17.8 Å². The molecule has 4 aliphatic carbocycles. The van der Waals surface area contributed by atoms with Gasteiger partial charge in [0, 0.05) is 44.1 Å². The minimum Gasteiger partial charge on any atom is -0.370 e. The van der Waals surface area contributed by atoms with Gasteiger partial charge in [0.25, 0.3) is 0 Å². The SMILES string of the molecule is N=C(N)NCCC[C@@H]1N[C@H](CNC(=O)C2C3CC4CC(C3)CC2C4)CCN(CC(c2ccccc2)c2ccccc2)C1=O. The number of guanidine groups is 1. The molecule has 1 saturated heterocycles. The van der Waals surface area contributed by atoms with Crippen LogP contribution in [0.25, 0.3) is 0 Å². The van der Waals surface area contributed by atoms with Gasteiger partial charge in [-0.2, -0.15) is 0 Å². The van der Waals surface area contributed by atoms with Crippen LogP contribution in [0.4, 0.5) is 0 Å². The fourth-order valence-electron chi connectivity index (χ4n) is 8.85. The minimum absolute atomic E-state index is 0.0207. The average Bonchev–Trinajstić information content (AvgIpc) is 3.15. The summed E-state index contributed by atoms with van der Waals surface area (Å²) in [5, 5.41) is 17.3. The highest BCUT2D eigenvalue weighted by molar-refractivity contribution is 5.82. The van der Waals surface area contributed by atoms with Gasteiger partial charge in [-0.05, 0) is 86.2 Å². The number of nitrogens with zero attached hydrogens (tertiary/aromatic N) is 1. The third-order valence-electron chi connectivity index (χ3n) is 10.6. The van der Waals surface area contributed by atoms with E-state index in [-0.39, 0.29) is 41.7 Å². The van der Waals surface area contributed by atoms with Crippen molar-refractivity contribution in [3.63, 3.8) is 0 Å². The second-order valence-electron chi connectivity index (χ2n) is 13.5. The van der Waals surface area contributed by atoms with Crippen LogP contribution in [0.15, 0.2) is 60.7 Å². The number of nitrogens with one attached hydrogen (secondary N) is 4. The molecule has 6 N–H and O–H groups in total. The van der Waals surface area contributed by atoms with Crippen molar-refractivity contribution in [1.82, 2.24) is 20.9 Å². The lowest BCUT2D eigenvalue weighted by atomic mass is 9.51. The fraction of sp³-hybridized carbons (Fsp3) is 0.571. The maximum atomic E-state index is 14.1. The van der Waals surface area contributed by atoms with Gasteiger partial charge in [0.1, 0.15) is 0 Å². The Morgan fingerprint density at radius 1 is 0.930 bits per heavy atom. The quantitative estimate of drug-likeness (QED) is 0.156. The van der Waals surface area contributed by atoms with Crippen molar-refractivity contribution < 1.29 is 9.59 Å². The summed E-state index contributed by atoms with van der Waals surface area (Å²) >= 11 is 0. The number of benzene rings is 2. The number of hydrogen-bond donors (Lipinski definition) is 5. The van der Waals surface area contributed by atoms with E-state index in [0.717, 1.165) is 18.3 Å². The van der Waals surface area contributed by atoms with E-state index in [1.54, 1.807) is 0 Å². The summed E-state index contributed by atoms with van der Waals surface area (Å²) in [6, 6.07) is 20.5. The Bertz CT molecular complexity index is 1190. The number of amides is 2. The van der Waals surface area contributed by atoms with Gasteiger partial charge < -0.3 is 26.6 Å². The molecule has 2 amide bonds. The van der Waals surface area contributed by atoms with Crippen LogP contribution in [-0.2, 0) is 9.59 Å². The molecule has 230 valence electrons. The molecule has 2 aromatic carbocycles. The van der Waals surface area contributed by atoms with Crippen LogP contribution in [0.1, 0.15) is 68.4 Å². The van der Waals surface area contributed by atoms with E-state index in [9.17, 15) is 9.59 Å². The molecule has 1 heterocycles. The number of rotatable bonds is 11. The first-order valence-corrected chi connectivity index (χ1v) is 16.4. The molecule has 8 nitrogen and oxygen atoms in total. The van der Waals surface area contributed by atoms with Crippen LogP contribution in [0, 0.1) is 35.0 Å². The summed E-state index contributed by atoms with van der Waals surface area (Å²) in [4.78, 5) is 29.6. The number of carbonyl (C=O) groups is 2. The Morgan fingerprint density at radius 3 is 2.12 bits per heavy atom. The Labute approximate surface area is 256 Å². The maximum Gasteiger partial charge on any atom is 0.239 e. The summed E-state index contributed by atoms with van der Waals surface area (Å²) in [7, 11) is 0. The summed E-state index contributed by atoms with van der Waals surface area (Å²) in [6.07, 6.45) is 8.45. The van der Waals surface area contributed by atoms with Crippen molar-refractivity contribution in [2.24, 2.45) is 35.3 Å². The zero-order valence-corrected chi connectivity index (χ0v) is 25.2. The van der Waals surface area contributed by atoms with Gasteiger partial charge in [-0.15, -0.1) is 0 Å². The van der Waals surface area contributed by atoms with Crippen molar-refractivity contribution in [3.8, 4) is 0 Å². The average molecular weight is 585 g/mol. The van der Waals surface area contributed by atoms with Gasteiger partial charge in [0.2, 0.25) is 11.8 Å². The highest BCUT2D eigenvalue weighted by Crippen LogP contribution is 2.56. The van der Waals surface area contributed by atoms with Crippen molar-refractivity contribution in [3.05, 3.63) is 71.8 Å². The molecular formula is C35H48N6O2. The van der Waals surface area contributed by atoms with Gasteiger partial charge in [-0.1, -0.05) is 60.7 Å². The van der Waals surface area contributed by atoms with Crippen LogP contribution in [0.5, 0.6) is 0 Å². The van der Waals surface area contributed by atoms with Crippen LogP contribution in [0.2, 0.25) is 0 Å². The summed E-state index contributed by atoms with van der Waals surface area (Å²) in [5.41, 5.74) is 7.88. The monoisotopic (exact) mass is 584 g/mol. The predicted octanol–water partition coefficient (Wildman–Crippen LogP) is 3.83. The lowest BCUT2D eigenvalue weighted by molar-refractivity contribution is -0.138. The molecular weight excluding hydrogens is 536 g/mol. The van der Waals surface area contributed by atoms with Gasteiger partial charge in [0.05, 0.1) is 6.04 Å². The van der Waals surface area contributed by atoms with E-state index < -0.39 is 0 Å². The largest absolute Gasteiger partial charge is 0.370 e. The first-order valence-electron chi connectivity index (χ1n) is 16.4. The van der Waals surface area contributed by atoms with E-state index >= 15 is 0 Å². The normalized spacial score (nSPS) is 29.8. The molecule has 0 spiro atoms. The molecule has 5 fully saturated rings. The van der Waals surface area contributed by atoms with Crippen LogP contribution >= 0.6 is 0 Å². The Kier molecular flexibility index (Phi) is 9.31. The van der Waals surface area contributed by atoms with Gasteiger partial charge in [-0.25, -0.2) is 0 Å². The van der Waals surface area contributed by atoms with Crippen molar-refractivity contribution in [2.45, 2.75) is 69.4 Å². The molecule has 8 heteroatoms. The van der Waals surface area contributed by atoms with Crippen LogP contribution < -0.4 is 21.7 Å². The molecule has 1 aliphatic heterocycles. The molecule has 2 aromatic rings. The van der Waals surface area contributed by atoms with E-state index in [4.69, 9.17) is 11.1 Å². The smallest absolute Gasteiger partial charge is 0.239 e. The summed E-state index contributed by atoms with van der Waals surface area (Å²) < 4.78 is 0. The minimum atomic E-state index is -0.355.